The van der Waals surface area contributed by atoms with Crippen LogP contribution in [0.1, 0.15) is 18.9 Å². The molecule has 2 aromatic rings. The summed E-state index contributed by atoms with van der Waals surface area (Å²) in [7, 11) is -1.78. The number of methoxy groups -OCH3 is 1. The Labute approximate surface area is 156 Å². The Hall–Kier alpha value is -2.05. The van der Waals surface area contributed by atoms with E-state index >= 15 is 0 Å². The lowest BCUT2D eigenvalue weighted by Gasteiger charge is -2.35. The highest BCUT2D eigenvalue weighted by Crippen LogP contribution is 2.24. The van der Waals surface area contributed by atoms with Crippen molar-refractivity contribution >= 4 is 15.7 Å². The molecule has 0 aliphatic carbocycles. The molecular weight excluding hydrogens is 348 g/mol. The van der Waals surface area contributed by atoms with Crippen molar-refractivity contribution in [1.82, 2.24) is 4.31 Å². The van der Waals surface area contributed by atoms with Crippen LogP contribution in [0.25, 0.3) is 0 Å². The van der Waals surface area contributed by atoms with Gasteiger partial charge in [0, 0.05) is 37.9 Å². The monoisotopic (exact) mass is 374 g/mol. The van der Waals surface area contributed by atoms with Gasteiger partial charge in [-0.3, -0.25) is 0 Å². The zero-order valence-electron chi connectivity index (χ0n) is 15.4. The minimum atomic E-state index is -3.43. The van der Waals surface area contributed by atoms with E-state index in [1.165, 1.54) is 5.56 Å². The smallest absolute Gasteiger partial charge is 0.243 e. The first-order chi connectivity index (χ1) is 12.5. The number of rotatable bonds is 6. The highest BCUT2D eigenvalue weighted by atomic mass is 32.2. The van der Waals surface area contributed by atoms with E-state index in [2.05, 4.69) is 11.8 Å². The third-order valence-electron chi connectivity index (χ3n) is 4.76. The number of hydrogen-bond donors (Lipinski definition) is 0. The van der Waals surface area contributed by atoms with Crippen LogP contribution in [0.4, 0.5) is 5.69 Å². The Kier molecular flexibility index (Phi) is 5.84. The van der Waals surface area contributed by atoms with Crippen molar-refractivity contribution in [3.8, 4) is 5.75 Å². The van der Waals surface area contributed by atoms with E-state index in [0.717, 1.165) is 24.3 Å². The van der Waals surface area contributed by atoms with Crippen molar-refractivity contribution in [1.29, 1.82) is 0 Å². The molecule has 0 atom stereocenters. The molecule has 1 fully saturated rings. The van der Waals surface area contributed by atoms with Gasteiger partial charge in [-0.25, -0.2) is 8.42 Å². The summed E-state index contributed by atoms with van der Waals surface area (Å²) in [6.45, 7) is 4.42. The molecule has 0 aromatic heterocycles. The summed E-state index contributed by atoms with van der Waals surface area (Å²) in [5.41, 5.74) is 2.24. The zero-order valence-corrected chi connectivity index (χ0v) is 16.2. The molecule has 1 aliphatic rings. The van der Waals surface area contributed by atoms with Gasteiger partial charge in [-0.05, 0) is 36.2 Å². The molecule has 3 rings (SSSR count). The highest BCUT2D eigenvalue weighted by Gasteiger charge is 2.28. The predicted molar refractivity (Wildman–Crippen MR) is 104 cm³/mol. The van der Waals surface area contributed by atoms with Crippen LogP contribution in [0.3, 0.4) is 0 Å². The number of hydrogen-bond acceptors (Lipinski definition) is 4. The van der Waals surface area contributed by atoms with E-state index in [1.807, 2.05) is 36.4 Å². The first kappa shape index (κ1) is 18.7. The maximum atomic E-state index is 12.9. The molecule has 5 nitrogen and oxygen atoms in total. The van der Waals surface area contributed by atoms with Crippen molar-refractivity contribution in [3.63, 3.8) is 0 Å². The summed E-state index contributed by atoms with van der Waals surface area (Å²) in [6, 6.07) is 15.2. The van der Waals surface area contributed by atoms with E-state index in [-0.39, 0.29) is 0 Å². The molecule has 1 aliphatic heterocycles. The van der Waals surface area contributed by atoms with Gasteiger partial charge in [-0.2, -0.15) is 4.31 Å². The summed E-state index contributed by atoms with van der Waals surface area (Å²) in [5.74, 6) is 0.810. The van der Waals surface area contributed by atoms with Crippen LogP contribution in [0.15, 0.2) is 53.4 Å². The number of benzene rings is 2. The Balaban J connectivity index is 1.68. The van der Waals surface area contributed by atoms with Gasteiger partial charge >= 0.3 is 0 Å². The molecule has 0 N–H and O–H groups in total. The van der Waals surface area contributed by atoms with Crippen LogP contribution in [0, 0.1) is 0 Å². The maximum Gasteiger partial charge on any atom is 0.243 e. The van der Waals surface area contributed by atoms with Gasteiger partial charge in [0.25, 0.3) is 0 Å². The molecule has 0 bridgehead atoms. The first-order valence-electron chi connectivity index (χ1n) is 9.02. The Morgan fingerprint density at radius 2 is 1.69 bits per heavy atom. The van der Waals surface area contributed by atoms with Gasteiger partial charge in [-0.1, -0.05) is 31.5 Å². The fourth-order valence-corrected chi connectivity index (χ4v) is 4.68. The van der Waals surface area contributed by atoms with Crippen LogP contribution in [0.5, 0.6) is 5.75 Å². The molecule has 0 saturated carbocycles. The lowest BCUT2D eigenvalue weighted by atomic mass is 10.1. The van der Waals surface area contributed by atoms with Gasteiger partial charge in [0.15, 0.2) is 0 Å². The number of nitrogens with zero attached hydrogens (tertiary/aromatic N) is 2. The topological polar surface area (TPSA) is 49.9 Å². The number of ether oxygens (including phenoxy) is 1. The van der Waals surface area contributed by atoms with Crippen LogP contribution < -0.4 is 9.64 Å². The third kappa shape index (κ3) is 4.02. The quantitative estimate of drug-likeness (QED) is 0.779. The number of sulfonamides is 1. The van der Waals surface area contributed by atoms with Crippen LogP contribution in [-0.2, 0) is 16.4 Å². The van der Waals surface area contributed by atoms with E-state index in [0.29, 0.717) is 31.1 Å². The van der Waals surface area contributed by atoms with Crippen molar-refractivity contribution in [2.75, 3.05) is 38.2 Å². The van der Waals surface area contributed by atoms with E-state index in [1.54, 1.807) is 23.5 Å². The van der Waals surface area contributed by atoms with Crippen LogP contribution in [0.2, 0.25) is 0 Å². The summed E-state index contributed by atoms with van der Waals surface area (Å²) < 4.78 is 32.6. The average Bonchev–Trinajstić information content (AvgIpc) is 2.69. The van der Waals surface area contributed by atoms with Gasteiger partial charge in [0.2, 0.25) is 10.0 Å². The van der Waals surface area contributed by atoms with Crippen molar-refractivity contribution in [3.05, 3.63) is 54.1 Å². The summed E-state index contributed by atoms with van der Waals surface area (Å²) in [4.78, 5) is 2.57. The Morgan fingerprint density at radius 1 is 1.00 bits per heavy atom. The lowest BCUT2D eigenvalue weighted by molar-refractivity contribution is 0.384. The fourth-order valence-electron chi connectivity index (χ4n) is 3.26. The second-order valence-electron chi connectivity index (χ2n) is 6.49. The van der Waals surface area contributed by atoms with Gasteiger partial charge < -0.3 is 9.64 Å². The van der Waals surface area contributed by atoms with E-state index < -0.39 is 10.0 Å². The largest absolute Gasteiger partial charge is 0.497 e. The summed E-state index contributed by atoms with van der Waals surface area (Å²) in [5, 5.41) is 0. The van der Waals surface area contributed by atoms with E-state index in [4.69, 9.17) is 4.74 Å². The van der Waals surface area contributed by atoms with Gasteiger partial charge in [0.05, 0.1) is 12.0 Å². The first-order valence-corrected chi connectivity index (χ1v) is 10.5. The summed E-state index contributed by atoms with van der Waals surface area (Å²) in [6.07, 6.45) is 2.03. The molecule has 140 valence electrons. The van der Waals surface area contributed by atoms with Crippen LogP contribution >= 0.6 is 0 Å². The molecule has 6 heteroatoms. The fraction of sp³-hybridized carbons (Fsp3) is 0.400. The molecule has 0 amide bonds. The van der Waals surface area contributed by atoms with Crippen molar-refractivity contribution in [2.45, 2.75) is 24.7 Å². The molecule has 2 aromatic carbocycles. The van der Waals surface area contributed by atoms with Crippen LogP contribution in [-0.4, -0.2) is 46.0 Å². The van der Waals surface area contributed by atoms with Crippen molar-refractivity contribution in [2.24, 2.45) is 0 Å². The Morgan fingerprint density at radius 3 is 2.31 bits per heavy atom. The maximum absolute atomic E-state index is 12.9. The number of anilines is 1. The second kappa shape index (κ2) is 8.10. The minimum absolute atomic E-state index is 0.382. The molecule has 1 heterocycles. The highest BCUT2D eigenvalue weighted by molar-refractivity contribution is 7.89. The van der Waals surface area contributed by atoms with Gasteiger partial charge in [-0.15, -0.1) is 0 Å². The third-order valence-corrected chi connectivity index (χ3v) is 6.67. The molecular formula is C20H26N2O3S. The predicted octanol–water partition coefficient (Wildman–Crippen LogP) is 3.16. The second-order valence-corrected chi connectivity index (χ2v) is 8.42. The van der Waals surface area contributed by atoms with Crippen molar-refractivity contribution < 1.29 is 13.2 Å². The minimum Gasteiger partial charge on any atom is -0.497 e. The number of piperazine rings is 1. The lowest BCUT2D eigenvalue weighted by Crippen LogP contribution is -2.48. The normalized spacial score (nSPS) is 15.8. The molecule has 26 heavy (non-hydrogen) atoms. The molecule has 1 saturated heterocycles. The molecule has 0 spiro atoms. The molecule has 0 radical (unpaired) electrons. The zero-order chi connectivity index (χ0) is 18.6. The summed E-state index contributed by atoms with van der Waals surface area (Å²) >= 11 is 0. The average molecular weight is 375 g/mol. The standard InChI is InChI=1S/C20H26N2O3S/c1-3-5-17-8-10-20(11-9-17)26(23,24)22-14-12-21(13-15-22)18-6-4-7-19(16-18)25-2/h4,6-11,16H,3,5,12-15H2,1-2H3. The van der Waals surface area contributed by atoms with Gasteiger partial charge in [0.1, 0.15) is 5.75 Å². The van der Waals surface area contributed by atoms with E-state index in [9.17, 15) is 8.42 Å². The number of aryl methyl sites for hydroxylation is 1. The Bertz CT molecular complexity index is 826. The SMILES string of the molecule is CCCc1ccc(S(=O)(=O)N2CCN(c3cccc(OC)c3)CC2)cc1. The molecule has 0 unspecified atom stereocenters.